The van der Waals surface area contributed by atoms with Crippen LogP contribution in [0.3, 0.4) is 0 Å². The van der Waals surface area contributed by atoms with E-state index in [0.717, 1.165) is 32.2 Å². The van der Waals surface area contributed by atoms with Gasteiger partial charge in [-0.15, -0.1) is 0 Å². The highest BCUT2D eigenvalue weighted by Gasteiger charge is 2.21. The summed E-state index contributed by atoms with van der Waals surface area (Å²) >= 11 is 0. The highest BCUT2D eigenvalue weighted by Crippen LogP contribution is 2.13. The van der Waals surface area contributed by atoms with E-state index in [1.807, 2.05) is 6.92 Å². The number of ether oxygens (including phenoxy) is 2. The molecule has 1 aliphatic heterocycles. The molecule has 0 aromatic rings. The van der Waals surface area contributed by atoms with E-state index in [1.165, 1.54) is 44.9 Å². The second-order valence-corrected chi connectivity index (χ2v) is 6.06. The summed E-state index contributed by atoms with van der Waals surface area (Å²) in [6.07, 6.45) is 12.2. The topological polar surface area (TPSA) is 49.6 Å². The molecular weight excluding hydrogens is 266 g/mol. The molecule has 0 amide bonds. The number of hydrogen-bond donors (Lipinski definition) is 0. The third-order valence-electron chi connectivity index (χ3n) is 3.94. The molecule has 123 valence electrons. The van der Waals surface area contributed by atoms with Crippen molar-refractivity contribution in [3.8, 4) is 0 Å². The van der Waals surface area contributed by atoms with Crippen molar-refractivity contribution in [2.45, 2.75) is 96.8 Å². The van der Waals surface area contributed by atoms with Crippen molar-refractivity contribution in [3.05, 3.63) is 0 Å². The Kier molecular flexibility index (Phi) is 10.3. The molecule has 1 saturated heterocycles. The summed E-state index contributed by atoms with van der Waals surface area (Å²) in [5, 5.41) is 4.18. The van der Waals surface area contributed by atoms with Crippen molar-refractivity contribution in [1.82, 2.24) is 5.32 Å². The van der Waals surface area contributed by atoms with Crippen LogP contribution in [0.25, 0.3) is 0 Å². The largest absolute Gasteiger partial charge is 0.510 e. The van der Waals surface area contributed by atoms with Crippen molar-refractivity contribution in [2.75, 3.05) is 6.54 Å². The van der Waals surface area contributed by atoms with Crippen molar-refractivity contribution in [1.29, 1.82) is 0 Å². The van der Waals surface area contributed by atoms with E-state index in [2.05, 4.69) is 12.2 Å². The van der Waals surface area contributed by atoms with Crippen LogP contribution in [0.15, 0.2) is 0 Å². The van der Waals surface area contributed by atoms with Crippen LogP contribution >= 0.6 is 0 Å². The fourth-order valence-electron chi connectivity index (χ4n) is 2.62. The fraction of sp³-hybridized carbons (Fsp3) is 0.941. The van der Waals surface area contributed by atoms with E-state index in [9.17, 15) is 4.79 Å². The van der Waals surface area contributed by atoms with Gasteiger partial charge in [-0.25, -0.2) is 10.1 Å². The molecular formula is C17H32NO3. The predicted octanol–water partition coefficient (Wildman–Crippen LogP) is 4.78. The van der Waals surface area contributed by atoms with Gasteiger partial charge in [0.1, 0.15) is 6.10 Å². The molecule has 0 bridgehead atoms. The third-order valence-corrected chi connectivity index (χ3v) is 3.94. The van der Waals surface area contributed by atoms with E-state index in [1.54, 1.807) is 0 Å². The first kappa shape index (κ1) is 18.3. The smallest absolute Gasteiger partial charge is 0.431 e. The van der Waals surface area contributed by atoms with Crippen LogP contribution in [0.1, 0.15) is 84.5 Å². The average Bonchev–Trinajstić information content (AvgIpc) is 2.94. The van der Waals surface area contributed by atoms with Crippen LogP contribution < -0.4 is 5.32 Å². The summed E-state index contributed by atoms with van der Waals surface area (Å²) in [4.78, 5) is 11.5. The number of carbonyl (C=O) groups excluding carboxylic acids is 1. The summed E-state index contributed by atoms with van der Waals surface area (Å²) < 4.78 is 10.4. The van der Waals surface area contributed by atoms with E-state index in [0.29, 0.717) is 0 Å². The zero-order valence-corrected chi connectivity index (χ0v) is 13.8. The first-order chi connectivity index (χ1) is 10.2. The summed E-state index contributed by atoms with van der Waals surface area (Å²) in [6.45, 7) is 4.98. The minimum atomic E-state index is -0.558. The summed E-state index contributed by atoms with van der Waals surface area (Å²) in [7, 11) is 0. The zero-order chi connectivity index (χ0) is 15.3. The van der Waals surface area contributed by atoms with Crippen LogP contribution in [0.5, 0.6) is 0 Å². The van der Waals surface area contributed by atoms with Crippen LogP contribution in [0, 0.1) is 0 Å². The third kappa shape index (κ3) is 9.72. The monoisotopic (exact) mass is 298 g/mol. The summed E-state index contributed by atoms with van der Waals surface area (Å²) in [6, 6.07) is 0. The van der Waals surface area contributed by atoms with Gasteiger partial charge in [-0.3, -0.25) is 0 Å². The standard InChI is InChI=1S/C17H32NO3/c1-3-4-5-6-7-8-9-10-12-15(2)20-17(19)21-16-13-11-14-18-16/h15-16H,3-14H2,1-2H3. The van der Waals surface area contributed by atoms with Crippen LogP contribution in [0.4, 0.5) is 4.79 Å². The van der Waals surface area contributed by atoms with Gasteiger partial charge in [-0.1, -0.05) is 51.9 Å². The van der Waals surface area contributed by atoms with Gasteiger partial charge < -0.3 is 9.47 Å². The number of nitrogens with zero attached hydrogens (tertiary/aromatic N) is 1. The maximum atomic E-state index is 11.5. The molecule has 1 radical (unpaired) electrons. The molecule has 0 aromatic heterocycles. The quantitative estimate of drug-likeness (QED) is 0.407. The van der Waals surface area contributed by atoms with Gasteiger partial charge in [0.2, 0.25) is 0 Å². The fourth-order valence-corrected chi connectivity index (χ4v) is 2.62. The second-order valence-electron chi connectivity index (χ2n) is 6.06. The molecule has 1 rings (SSSR count). The lowest BCUT2D eigenvalue weighted by Gasteiger charge is -2.15. The maximum Gasteiger partial charge on any atom is 0.510 e. The molecule has 0 aliphatic carbocycles. The number of carbonyl (C=O) groups is 1. The normalized spacial score (nSPS) is 19.4. The minimum absolute atomic E-state index is 0.0565. The van der Waals surface area contributed by atoms with Gasteiger partial charge in [0.25, 0.3) is 0 Å². The Morgan fingerprint density at radius 1 is 1.14 bits per heavy atom. The molecule has 1 aliphatic rings. The van der Waals surface area contributed by atoms with Gasteiger partial charge in [0.15, 0.2) is 6.23 Å². The Hall–Kier alpha value is -0.770. The molecule has 1 fully saturated rings. The lowest BCUT2D eigenvalue weighted by Crippen LogP contribution is -2.25. The maximum absolute atomic E-state index is 11.5. The average molecular weight is 298 g/mol. The molecule has 2 unspecified atom stereocenters. The first-order valence-electron chi connectivity index (χ1n) is 8.76. The highest BCUT2D eigenvalue weighted by atomic mass is 16.7. The van der Waals surface area contributed by atoms with Crippen molar-refractivity contribution in [3.63, 3.8) is 0 Å². The molecule has 21 heavy (non-hydrogen) atoms. The predicted molar refractivity (Wildman–Crippen MR) is 84.3 cm³/mol. The van der Waals surface area contributed by atoms with E-state index in [4.69, 9.17) is 9.47 Å². The van der Waals surface area contributed by atoms with Crippen LogP contribution in [-0.2, 0) is 9.47 Å². The molecule has 0 N–H and O–H groups in total. The van der Waals surface area contributed by atoms with Crippen molar-refractivity contribution >= 4 is 6.16 Å². The highest BCUT2D eigenvalue weighted by molar-refractivity contribution is 5.60. The van der Waals surface area contributed by atoms with E-state index in [-0.39, 0.29) is 12.3 Å². The Bertz CT molecular complexity index is 265. The summed E-state index contributed by atoms with van der Waals surface area (Å²) in [5.74, 6) is 0. The molecule has 4 nitrogen and oxygen atoms in total. The Morgan fingerprint density at radius 3 is 2.43 bits per heavy atom. The van der Waals surface area contributed by atoms with E-state index < -0.39 is 6.16 Å². The molecule has 1 heterocycles. The Labute approximate surface area is 130 Å². The first-order valence-corrected chi connectivity index (χ1v) is 8.76. The Balaban J connectivity index is 1.90. The van der Waals surface area contributed by atoms with Crippen molar-refractivity contribution < 1.29 is 14.3 Å². The lowest BCUT2D eigenvalue weighted by molar-refractivity contribution is -0.00420. The van der Waals surface area contributed by atoms with Crippen LogP contribution in [0.2, 0.25) is 0 Å². The SMILES string of the molecule is CCCCCCCCCCC(C)OC(=O)OC1CCC[N]1. The Morgan fingerprint density at radius 2 is 1.81 bits per heavy atom. The zero-order valence-electron chi connectivity index (χ0n) is 13.8. The lowest BCUT2D eigenvalue weighted by atomic mass is 10.1. The molecule has 0 saturated carbocycles. The van der Waals surface area contributed by atoms with Gasteiger partial charge >= 0.3 is 6.16 Å². The van der Waals surface area contributed by atoms with Crippen molar-refractivity contribution in [2.24, 2.45) is 0 Å². The minimum Gasteiger partial charge on any atom is -0.431 e. The summed E-state index contributed by atoms with van der Waals surface area (Å²) in [5.41, 5.74) is 0. The molecule has 4 heteroatoms. The van der Waals surface area contributed by atoms with Crippen LogP contribution in [-0.4, -0.2) is 25.0 Å². The van der Waals surface area contributed by atoms with Gasteiger partial charge in [-0.05, 0) is 26.2 Å². The molecule has 2 atom stereocenters. The van der Waals surface area contributed by atoms with E-state index >= 15 is 0 Å². The van der Waals surface area contributed by atoms with Gasteiger partial charge in [-0.2, -0.15) is 0 Å². The number of rotatable bonds is 11. The molecule has 0 spiro atoms. The molecule has 0 aromatic carbocycles. The number of hydrogen-bond acceptors (Lipinski definition) is 3. The van der Waals surface area contributed by atoms with Gasteiger partial charge in [0, 0.05) is 13.0 Å². The second kappa shape index (κ2) is 11.8. The van der Waals surface area contributed by atoms with Gasteiger partial charge in [0.05, 0.1) is 0 Å². The number of unbranched alkanes of at least 4 members (excludes halogenated alkanes) is 7.